The van der Waals surface area contributed by atoms with E-state index in [9.17, 15) is 14.9 Å². The Morgan fingerprint density at radius 3 is 2.33 bits per heavy atom. The fourth-order valence-corrected chi connectivity index (χ4v) is 4.53. The third-order valence-electron chi connectivity index (χ3n) is 6.06. The van der Waals surface area contributed by atoms with Gasteiger partial charge in [0.15, 0.2) is 0 Å². The first kappa shape index (κ1) is 20.3. The minimum Gasteiger partial charge on any atom is -0.358 e. The molecule has 160 valence electrons. The van der Waals surface area contributed by atoms with E-state index in [1.165, 1.54) is 12.7 Å². The van der Waals surface area contributed by atoms with Crippen LogP contribution < -0.4 is 4.90 Å². The van der Waals surface area contributed by atoms with Gasteiger partial charge in [0.05, 0.1) is 0 Å². The highest BCUT2D eigenvalue weighted by atomic mass is 16.6. The van der Waals surface area contributed by atoms with Crippen LogP contribution in [0.15, 0.2) is 36.7 Å². The van der Waals surface area contributed by atoms with E-state index in [0.717, 1.165) is 31.5 Å². The summed E-state index contributed by atoms with van der Waals surface area (Å²) in [5.41, 5.74) is 1.01. The van der Waals surface area contributed by atoms with Crippen molar-refractivity contribution in [1.82, 2.24) is 19.4 Å². The van der Waals surface area contributed by atoms with E-state index in [4.69, 9.17) is 0 Å². The molecule has 0 radical (unpaired) electrons. The molecule has 0 saturated carbocycles. The number of likely N-dealkylation sites (tertiary alicyclic amines) is 1. The van der Waals surface area contributed by atoms with Crippen molar-refractivity contribution in [3.63, 3.8) is 0 Å². The molecule has 1 aromatic carbocycles. The lowest BCUT2D eigenvalue weighted by Gasteiger charge is -2.41. The molecule has 30 heavy (non-hydrogen) atoms. The highest BCUT2D eigenvalue weighted by Gasteiger charge is 2.35. The van der Waals surface area contributed by atoms with Gasteiger partial charge in [-0.2, -0.15) is 0 Å². The van der Waals surface area contributed by atoms with Crippen molar-refractivity contribution < 1.29 is 9.72 Å². The van der Waals surface area contributed by atoms with Crippen LogP contribution in [0.1, 0.15) is 30.9 Å². The van der Waals surface area contributed by atoms with Gasteiger partial charge in [-0.15, -0.1) is 0 Å². The lowest BCUT2D eigenvalue weighted by Crippen LogP contribution is -2.52. The Kier molecular flexibility index (Phi) is 5.98. The van der Waals surface area contributed by atoms with Crippen LogP contribution in [0, 0.1) is 10.1 Å². The van der Waals surface area contributed by atoms with Crippen molar-refractivity contribution >= 4 is 17.5 Å². The molecular formula is C21H28N6O3. The Labute approximate surface area is 176 Å². The Hall–Kier alpha value is -2.94. The second kappa shape index (κ2) is 8.83. The molecule has 1 aromatic heterocycles. The average molecular weight is 412 g/mol. The first-order valence-electron chi connectivity index (χ1n) is 10.5. The number of hydrogen-bond acceptors (Lipinski definition) is 6. The largest absolute Gasteiger partial charge is 0.406 e. The lowest BCUT2D eigenvalue weighted by atomic mass is 10.0. The van der Waals surface area contributed by atoms with Crippen molar-refractivity contribution in [1.29, 1.82) is 0 Å². The molecule has 0 N–H and O–H groups in total. The highest BCUT2D eigenvalue weighted by molar-refractivity contribution is 5.83. The summed E-state index contributed by atoms with van der Waals surface area (Å²) in [5.74, 6) is 0.578. The van der Waals surface area contributed by atoms with Crippen LogP contribution in [0.25, 0.3) is 0 Å². The average Bonchev–Trinajstić information content (AvgIpc) is 3.17. The van der Waals surface area contributed by atoms with Gasteiger partial charge in [0.2, 0.25) is 18.1 Å². The Morgan fingerprint density at radius 2 is 1.70 bits per heavy atom. The number of aromatic nitrogens is 2. The normalized spacial score (nSPS) is 19.0. The molecule has 0 bridgehead atoms. The van der Waals surface area contributed by atoms with Gasteiger partial charge < -0.3 is 19.9 Å². The van der Waals surface area contributed by atoms with Crippen LogP contribution in [0.3, 0.4) is 0 Å². The molecule has 4 rings (SSSR count). The second-order valence-electron chi connectivity index (χ2n) is 7.98. The summed E-state index contributed by atoms with van der Waals surface area (Å²) in [5, 5.41) is 11.3. The smallest absolute Gasteiger partial charge is 0.358 e. The number of nitro groups is 1. The number of aryl methyl sites for hydroxylation is 1. The molecule has 1 amide bonds. The van der Waals surface area contributed by atoms with E-state index in [1.807, 2.05) is 40.1 Å². The molecule has 2 aliphatic rings. The molecule has 2 saturated heterocycles. The van der Waals surface area contributed by atoms with Crippen LogP contribution in [0.2, 0.25) is 0 Å². The molecule has 2 fully saturated rings. The Morgan fingerprint density at radius 1 is 1.03 bits per heavy atom. The number of piperidine rings is 1. The number of imidazole rings is 1. The van der Waals surface area contributed by atoms with E-state index in [1.54, 1.807) is 11.6 Å². The maximum atomic E-state index is 13.5. The van der Waals surface area contributed by atoms with Gasteiger partial charge in [-0.1, -0.05) is 30.3 Å². The summed E-state index contributed by atoms with van der Waals surface area (Å²) < 4.78 is 1.70. The Bertz CT molecular complexity index is 885. The van der Waals surface area contributed by atoms with Crippen LogP contribution in [0.5, 0.6) is 0 Å². The summed E-state index contributed by atoms with van der Waals surface area (Å²) in [6.45, 7) is 4.17. The van der Waals surface area contributed by atoms with Gasteiger partial charge in [0.1, 0.15) is 6.04 Å². The van der Waals surface area contributed by atoms with Gasteiger partial charge >= 0.3 is 5.82 Å². The molecule has 1 atom stereocenters. The second-order valence-corrected chi connectivity index (χ2v) is 7.98. The number of anilines is 1. The number of carbonyl (C=O) groups excluding carboxylic acids is 1. The van der Waals surface area contributed by atoms with E-state index in [2.05, 4.69) is 9.88 Å². The van der Waals surface area contributed by atoms with Gasteiger partial charge in [-0.3, -0.25) is 14.3 Å². The van der Waals surface area contributed by atoms with Gasteiger partial charge in [-0.25, -0.2) is 0 Å². The molecule has 0 aliphatic carbocycles. The number of hydrogen-bond donors (Lipinski definition) is 0. The van der Waals surface area contributed by atoms with E-state index >= 15 is 0 Å². The fraction of sp³-hybridized carbons (Fsp3) is 0.524. The van der Waals surface area contributed by atoms with Crippen molar-refractivity contribution in [2.45, 2.75) is 25.3 Å². The monoisotopic (exact) mass is 412 g/mol. The molecule has 9 nitrogen and oxygen atoms in total. The van der Waals surface area contributed by atoms with Gasteiger partial charge in [0.25, 0.3) is 0 Å². The predicted molar refractivity (Wildman–Crippen MR) is 113 cm³/mol. The zero-order chi connectivity index (χ0) is 21.1. The molecule has 2 aromatic rings. The fourth-order valence-electron chi connectivity index (χ4n) is 4.53. The number of amides is 1. The predicted octanol–water partition coefficient (Wildman–Crippen LogP) is 2.20. The van der Waals surface area contributed by atoms with E-state index in [0.29, 0.717) is 32.0 Å². The summed E-state index contributed by atoms with van der Waals surface area (Å²) in [7, 11) is 1.77. The topological polar surface area (TPSA) is 87.7 Å². The standard InChI is InChI=1S/C21H28N6O3/c1-23-16-22-19(27(29)30)20(23)25-14-12-24(13-15-25)18(17-8-4-2-5-9-17)21(28)26-10-6-3-7-11-26/h2,4-5,8-9,16,18H,3,6-7,10-15H2,1H3/t18-/m1/s1. The van der Waals surface area contributed by atoms with Crippen LogP contribution in [0.4, 0.5) is 11.6 Å². The number of rotatable bonds is 5. The molecular weight excluding hydrogens is 384 g/mol. The van der Waals surface area contributed by atoms with Crippen LogP contribution in [-0.2, 0) is 11.8 Å². The number of piperazine rings is 1. The van der Waals surface area contributed by atoms with Crippen molar-refractivity contribution in [3.05, 3.63) is 52.3 Å². The summed E-state index contributed by atoms with van der Waals surface area (Å²) in [6, 6.07) is 9.64. The maximum Gasteiger partial charge on any atom is 0.406 e. The molecule has 2 aliphatic heterocycles. The number of benzene rings is 1. The van der Waals surface area contributed by atoms with Gasteiger partial charge in [-0.05, 0) is 34.7 Å². The third kappa shape index (κ3) is 4.02. The zero-order valence-corrected chi connectivity index (χ0v) is 17.3. The minimum absolute atomic E-state index is 0.116. The van der Waals surface area contributed by atoms with Crippen LogP contribution in [-0.4, -0.2) is 69.4 Å². The lowest BCUT2D eigenvalue weighted by molar-refractivity contribution is -0.388. The molecule has 0 unspecified atom stereocenters. The van der Waals surface area contributed by atoms with Crippen molar-refractivity contribution in [2.75, 3.05) is 44.2 Å². The van der Waals surface area contributed by atoms with Gasteiger partial charge in [0, 0.05) is 46.3 Å². The molecule has 0 spiro atoms. The summed E-state index contributed by atoms with van der Waals surface area (Å²) in [4.78, 5) is 34.5. The first-order chi connectivity index (χ1) is 14.6. The molecule has 3 heterocycles. The van der Waals surface area contributed by atoms with Crippen LogP contribution >= 0.6 is 0 Å². The number of carbonyl (C=O) groups is 1. The highest BCUT2D eigenvalue weighted by Crippen LogP contribution is 2.30. The maximum absolute atomic E-state index is 13.5. The van der Waals surface area contributed by atoms with Crippen molar-refractivity contribution in [3.8, 4) is 0 Å². The zero-order valence-electron chi connectivity index (χ0n) is 17.3. The van der Waals surface area contributed by atoms with Crippen molar-refractivity contribution in [2.24, 2.45) is 7.05 Å². The summed E-state index contributed by atoms with van der Waals surface area (Å²) >= 11 is 0. The SMILES string of the molecule is Cn1cnc([N+](=O)[O-])c1N1CCN([C@@H](C(=O)N2CCCCC2)c2ccccc2)CC1. The van der Waals surface area contributed by atoms with E-state index < -0.39 is 4.92 Å². The minimum atomic E-state index is -0.436. The first-order valence-corrected chi connectivity index (χ1v) is 10.5. The van der Waals surface area contributed by atoms with E-state index in [-0.39, 0.29) is 17.8 Å². The number of nitrogens with zero attached hydrogens (tertiary/aromatic N) is 6. The quantitative estimate of drug-likeness (QED) is 0.553. The third-order valence-corrected chi connectivity index (χ3v) is 6.06. The molecule has 9 heteroatoms. The summed E-state index contributed by atoms with van der Waals surface area (Å²) in [6.07, 6.45) is 4.78. The Balaban J connectivity index is 1.53.